The van der Waals surface area contributed by atoms with Crippen molar-refractivity contribution in [3.8, 4) is 0 Å². The third-order valence-corrected chi connectivity index (χ3v) is 4.27. The molecule has 0 saturated carbocycles. The van der Waals surface area contributed by atoms with Crippen LogP contribution < -0.4 is 5.73 Å². The third kappa shape index (κ3) is 3.17. The fourth-order valence-corrected chi connectivity index (χ4v) is 3.07. The molecule has 0 aliphatic heterocycles. The van der Waals surface area contributed by atoms with E-state index >= 15 is 0 Å². The third-order valence-electron chi connectivity index (χ3n) is 2.74. The first-order chi connectivity index (χ1) is 8.66. The molecule has 1 heterocycles. The van der Waals surface area contributed by atoms with E-state index in [2.05, 4.69) is 4.98 Å². The second-order valence-electron chi connectivity index (χ2n) is 4.19. The maximum Gasteiger partial charge on any atom is 0.0535 e. The molecular weight excluding hydrogens is 244 g/mol. The highest BCUT2D eigenvalue weighted by molar-refractivity contribution is 7.85. The van der Waals surface area contributed by atoms with E-state index in [0.717, 1.165) is 22.4 Å². The average Bonchev–Trinajstić information content (AvgIpc) is 2.37. The van der Waals surface area contributed by atoms with Crippen LogP contribution >= 0.6 is 0 Å². The van der Waals surface area contributed by atoms with Crippen molar-refractivity contribution >= 4 is 16.5 Å². The fourth-order valence-electron chi connectivity index (χ4n) is 1.79. The number of nitrogens with zero attached hydrogens (tertiary/aromatic N) is 1. The highest BCUT2D eigenvalue weighted by Crippen LogP contribution is 2.17. The molecule has 18 heavy (non-hydrogen) atoms. The van der Waals surface area contributed by atoms with E-state index in [1.54, 1.807) is 12.3 Å². The molecule has 4 heteroatoms. The first-order valence-electron chi connectivity index (χ1n) is 5.80. The van der Waals surface area contributed by atoms with E-state index in [9.17, 15) is 4.21 Å². The Morgan fingerprint density at radius 1 is 1.33 bits per heavy atom. The molecule has 3 nitrogen and oxygen atoms in total. The van der Waals surface area contributed by atoms with Crippen LogP contribution in [-0.2, 0) is 17.2 Å². The van der Waals surface area contributed by atoms with Gasteiger partial charge in [-0.2, -0.15) is 0 Å². The molecular formula is C14H16N2OS. The molecule has 0 radical (unpaired) electrons. The van der Waals surface area contributed by atoms with Gasteiger partial charge in [-0.05, 0) is 48.7 Å². The molecule has 1 aromatic carbocycles. The molecule has 0 spiro atoms. The van der Waals surface area contributed by atoms with Gasteiger partial charge >= 0.3 is 0 Å². The maximum absolute atomic E-state index is 12.2. The van der Waals surface area contributed by atoms with Crippen molar-refractivity contribution < 1.29 is 4.21 Å². The summed E-state index contributed by atoms with van der Waals surface area (Å²) < 4.78 is 12.2. The number of aromatic nitrogens is 1. The normalized spacial score (nSPS) is 12.3. The molecule has 1 atom stereocenters. The largest absolute Gasteiger partial charge is 0.399 e. The Balaban J connectivity index is 2.04. The van der Waals surface area contributed by atoms with Crippen LogP contribution in [0.5, 0.6) is 0 Å². The van der Waals surface area contributed by atoms with Crippen molar-refractivity contribution in [1.82, 2.24) is 4.98 Å². The van der Waals surface area contributed by atoms with Crippen molar-refractivity contribution in [2.45, 2.75) is 18.2 Å². The fraction of sp³-hybridized carbons (Fsp3) is 0.214. The molecule has 2 N–H and O–H groups in total. The van der Waals surface area contributed by atoms with Crippen LogP contribution in [0.15, 0.2) is 47.6 Å². The zero-order valence-corrected chi connectivity index (χ0v) is 11.1. The number of rotatable bonds is 4. The smallest absolute Gasteiger partial charge is 0.0535 e. The van der Waals surface area contributed by atoms with Gasteiger partial charge in [0.1, 0.15) is 0 Å². The zero-order valence-electron chi connectivity index (χ0n) is 10.3. The summed E-state index contributed by atoms with van der Waals surface area (Å²) in [7, 11) is -0.987. The molecule has 1 aromatic heterocycles. The van der Waals surface area contributed by atoms with Crippen LogP contribution in [0.2, 0.25) is 0 Å². The number of pyridine rings is 1. The topological polar surface area (TPSA) is 56.0 Å². The molecule has 2 aromatic rings. The van der Waals surface area contributed by atoms with Crippen LogP contribution in [0.3, 0.4) is 0 Å². The number of anilines is 1. The molecule has 0 bridgehead atoms. The van der Waals surface area contributed by atoms with Gasteiger partial charge in [-0.25, -0.2) is 0 Å². The van der Waals surface area contributed by atoms with Crippen molar-refractivity contribution in [3.63, 3.8) is 0 Å². The van der Waals surface area contributed by atoms with Gasteiger partial charge in [-0.15, -0.1) is 0 Å². The highest BCUT2D eigenvalue weighted by Gasteiger charge is 2.07. The molecule has 0 saturated heterocycles. The second-order valence-corrected chi connectivity index (χ2v) is 5.72. The van der Waals surface area contributed by atoms with Crippen molar-refractivity contribution in [2.75, 3.05) is 11.5 Å². The molecule has 0 fully saturated rings. The average molecular weight is 260 g/mol. The highest BCUT2D eigenvalue weighted by atomic mass is 32.2. The Morgan fingerprint density at radius 3 is 2.83 bits per heavy atom. The lowest BCUT2D eigenvalue weighted by molar-refractivity contribution is 0.682. The van der Waals surface area contributed by atoms with Crippen LogP contribution in [0.25, 0.3) is 0 Å². The van der Waals surface area contributed by atoms with Gasteiger partial charge in [0, 0.05) is 28.7 Å². The lowest BCUT2D eigenvalue weighted by atomic mass is 10.2. The number of benzene rings is 1. The van der Waals surface area contributed by atoms with Crippen molar-refractivity contribution in [2.24, 2.45) is 0 Å². The number of hydrogen-bond donors (Lipinski definition) is 1. The minimum Gasteiger partial charge on any atom is -0.399 e. The Labute approximate surface area is 110 Å². The van der Waals surface area contributed by atoms with E-state index in [1.165, 1.54) is 0 Å². The van der Waals surface area contributed by atoms with E-state index in [1.807, 2.05) is 37.4 Å². The predicted molar refractivity (Wildman–Crippen MR) is 74.8 cm³/mol. The van der Waals surface area contributed by atoms with Gasteiger partial charge in [0.15, 0.2) is 0 Å². The summed E-state index contributed by atoms with van der Waals surface area (Å²) in [5.74, 6) is 0.608. The van der Waals surface area contributed by atoms with Gasteiger partial charge in [0.05, 0.1) is 10.8 Å². The zero-order chi connectivity index (χ0) is 13.0. The summed E-state index contributed by atoms with van der Waals surface area (Å²) in [6.45, 7) is 1.94. The SMILES string of the molecule is Cc1cc(N)ccc1S(=O)CCc1cccnc1. The van der Waals surface area contributed by atoms with Gasteiger partial charge in [-0.3, -0.25) is 9.19 Å². The van der Waals surface area contributed by atoms with Crippen LogP contribution in [0.4, 0.5) is 5.69 Å². The lowest BCUT2D eigenvalue weighted by Crippen LogP contribution is -2.04. The number of hydrogen-bond acceptors (Lipinski definition) is 3. The van der Waals surface area contributed by atoms with Crippen molar-refractivity contribution in [1.29, 1.82) is 0 Å². The van der Waals surface area contributed by atoms with Gasteiger partial charge in [-0.1, -0.05) is 6.07 Å². The Hall–Kier alpha value is -1.68. The van der Waals surface area contributed by atoms with Gasteiger partial charge < -0.3 is 5.73 Å². The second kappa shape index (κ2) is 5.78. The standard InChI is InChI=1S/C14H16N2OS/c1-11-9-13(15)4-5-14(11)18(17)8-6-12-3-2-7-16-10-12/h2-5,7,9-10H,6,8,15H2,1H3. The first-order valence-corrected chi connectivity index (χ1v) is 7.12. The summed E-state index contributed by atoms with van der Waals surface area (Å²) in [6.07, 6.45) is 4.32. The molecule has 2 rings (SSSR count). The Kier molecular flexibility index (Phi) is 4.10. The van der Waals surface area contributed by atoms with E-state index in [-0.39, 0.29) is 0 Å². The molecule has 0 aliphatic rings. The Morgan fingerprint density at radius 2 is 2.17 bits per heavy atom. The summed E-state index contributed by atoms with van der Waals surface area (Å²) in [6, 6.07) is 9.40. The summed E-state index contributed by atoms with van der Waals surface area (Å²) in [5, 5.41) is 0. The van der Waals surface area contributed by atoms with Gasteiger partial charge in [0.2, 0.25) is 0 Å². The summed E-state index contributed by atoms with van der Waals surface area (Å²) in [5.41, 5.74) is 8.49. The minimum absolute atomic E-state index is 0.608. The lowest BCUT2D eigenvalue weighted by Gasteiger charge is -2.06. The van der Waals surface area contributed by atoms with Crippen LogP contribution in [0.1, 0.15) is 11.1 Å². The van der Waals surface area contributed by atoms with E-state index in [4.69, 9.17) is 5.73 Å². The number of aryl methyl sites for hydroxylation is 2. The molecule has 0 amide bonds. The van der Waals surface area contributed by atoms with Gasteiger partial charge in [0.25, 0.3) is 0 Å². The molecule has 94 valence electrons. The summed E-state index contributed by atoms with van der Waals surface area (Å²) >= 11 is 0. The predicted octanol–water partition coefficient (Wildman–Crippen LogP) is 2.32. The molecule has 0 aliphatic carbocycles. The summed E-state index contributed by atoms with van der Waals surface area (Å²) in [4.78, 5) is 4.92. The van der Waals surface area contributed by atoms with E-state index < -0.39 is 10.8 Å². The first kappa shape index (κ1) is 12.8. The van der Waals surface area contributed by atoms with E-state index in [0.29, 0.717) is 11.4 Å². The van der Waals surface area contributed by atoms with Crippen LogP contribution in [-0.4, -0.2) is 14.9 Å². The monoisotopic (exact) mass is 260 g/mol. The maximum atomic E-state index is 12.2. The van der Waals surface area contributed by atoms with Crippen LogP contribution in [0, 0.1) is 6.92 Å². The van der Waals surface area contributed by atoms with Crippen molar-refractivity contribution in [3.05, 3.63) is 53.9 Å². The number of nitrogen functional groups attached to an aromatic ring is 1. The minimum atomic E-state index is -0.987. The number of nitrogens with two attached hydrogens (primary N) is 1. The quantitative estimate of drug-likeness (QED) is 0.858. The Bertz CT molecular complexity index is 555. The molecule has 1 unspecified atom stereocenters.